The summed E-state index contributed by atoms with van der Waals surface area (Å²) in [6.07, 6.45) is 4.75. The topological polar surface area (TPSA) is 185 Å². The average molecular weight is 551 g/mol. The maximum absolute atomic E-state index is 13.4. The lowest BCUT2D eigenvalue weighted by Crippen LogP contribution is -2.61. The first kappa shape index (κ1) is 25.1. The van der Waals surface area contributed by atoms with E-state index in [-0.39, 0.29) is 47.9 Å². The van der Waals surface area contributed by atoms with Crippen LogP contribution in [0.4, 0.5) is 11.5 Å². The van der Waals surface area contributed by atoms with E-state index in [2.05, 4.69) is 26.2 Å². The molecule has 4 heterocycles. The fraction of sp³-hybridized carbons (Fsp3) is 0.400. The van der Waals surface area contributed by atoms with Gasteiger partial charge in [0.15, 0.2) is 17.0 Å². The molecule has 1 aromatic carbocycles. The molecule has 0 bridgehead atoms. The number of sulfonamides is 1. The van der Waals surface area contributed by atoms with Crippen LogP contribution in [0, 0.1) is 17.2 Å². The number of aromatic nitrogens is 3. The number of rotatable bonds is 7. The summed E-state index contributed by atoms with van der Waals surface area (Å²) in [7, 11) is -3.69. The van der Waals surface area contributed by atoms with Crippen LogP contribution in [0.2, 0.25) is 0 Å². The van der Waals surface area contributed by atoms with Gasteiger partial charge in [-0.15, -0.1) is 5.10 Å². The third-order valence-electron chi connectivity index (χ3n) is 7.43. The second kappa shape index (κ2) is 8.65. The molecule has 2 fully saturated rings. The summed E-state index contributed by atoms with van der Waals surface area (Å²) in [5.74, 6) is -0.434. The summed E-state index contributed by atoms with van der Waals surface area (Å²) in [6.45, 7) is 2.50. The predicted octanol–water partition coefficient (Wildman–Crippen LogP) is 1.13. The van der Waals surface area contributed by atoms with E-state index in [9.17, 15) is 23.3 Å². The Morgan fingerprint density at radius 3 is 2.69 bits per heavy atom. The van der Waals surface area contributed by atoms with Gasteiger partial charge in [-0.05, 0) is 49.4 Å². The van der Waals surface area contributed by atoms with Gasteiger partial charge in [0, 0.05) is 24.3 Å². The highest BCUT2D eigenvalue weighted by molar-refractivity contribution is 7.92. The minimum Gasteiger partial charge on any atom is -0.381 e. The lowest BCUT2D eigenvalue weighted by Gasteiger charge is -2.35. The van der Waals surface area contributed by atoms with Crippen LogP contribution in [-0.2, 0) is 21.3 Å². The number of ether oxygens (including phenoxy) is 1. The van der Waals surface area contributed by atoms with Crippen LogP contribution in [0.1, 0.15) is 46.0 Å². The average Bonchev–Trinajstić information content (AvgIpc) is 3.57. The summed E-state index contributed by atoms with van der Waals surface area (Å²) in [5.41, 5.74) is 7.23. The Bertz CT molecular complexity index is 1700. The van der Waals surface area contributed by atoms with Gasteiger partial charge in [0.05, 0.1) is 42.5 Å². The van der Waals surface area contributed by atoms with Crippen molar-refractivity contribution < 1.29 is 22.7 Å². The SMILES string of the molecule is C[C@@H](C1CC1)N1Cc2cc(-c3ccn4nc(N)c(C(=O)NC5(C#N)COC5)c4n3)cc(NS(C)(=O)=O)c2C1=O. The second-order valence-electron chi connectivity index (χ2n) is 10.4. The maximum Gasteiger partial charge on any atom is 0.260 e. The highest BCUT2D eigenvalue weighted by Gasteiger charge is 2.42. The monoisotopic (exact) mass is 550 g/mol. The van der Waals surface area contributed by atoms with Crippen LogP contribution < -0.4 is 15.8 Å². The Morgan fingerprint density at radius 2 is 2.08 bits per heavy atom. The van der Waals surface area contributed by atoms with Gasteiger partial charge in [0.25, 0.3) is 11.8 Å². The fourth-order valence-electron chi connectivity index (χ4n) is 5.14. The Balaban J connectivity index is 1.42. The molecule has 1 aliphatic carbocycles. The molecule has 39 heavy (non-hydrogen) atoms. The van der Waals surface area contributed by atoms with Crippen molar-refractivity contribution in [2.24, 2.45) is 5.92 Å². The van der Waals surface area contributed by atoms with E-state index in [1.807, 2.05) is 13.0 Å². The molecule has 6 rings (SSSR count). The number of fused-ring (bicyclic) bond motifs is 2. The zero-order valence-electron chi connectivity index (χ0n) is 21.3. The Morgan fingerprint density at radius 1 is 1.33 bits per heavy atom. The van der Waals surface area contributed by atoms with Crippen LogP contribution in [0.25, 0.3) is 16.9 Å². The zero-order valence-corrected chi connectivity index (χ0v) is 22.1. The number of benzene rings is 1. The molecule has 0 unspecified atom stereocenters. The highest BCUT2D eigenvalue weighted by atomic mass is 32.2. The van der Waals surface area contributed by atoms with Crippen LogP contribution >= 0.6 is 0 Å². The number of anilines is 2. The second-order valence-corrected chi connectivity index (χ2v) is 12.2. The maximum atomic E-state index is 13.4. The molecule has 14 heteroatoms. The Hall–Kier alpha value is -4.22. The van der Waals surface area contributed by atoms with Crippen molar-refractivity contribution in [3.8, 4) is 17.3 Å². The molecule has 2 aromatic heterocycles. The van der Waals surface area contributed by atoms with Gasteiger partial charge in [-0.3, -0.25) is 14.3 Å². The van der Waals surface area contributed by atoms with E-state index in [0.717, 1.165) is 19.1 Å². The van der Waals surface area contributed by atoms with E-state index in [1.165, 1.54) is 4.52 Å². The molecule has 202 valence electrons. The van der Waals surface area contributed by atoms with Crippen LogP contribution in [-0.4, -0.2) is 70.8 Å². The van der Waals surface area contributed by atoms with E-state index < -0.39 is 21.5 Å². The van der Waals surface area contributed by atoms with E-state index in [4.69, 9.17) is 10.5 Å². The molecule has 1 saturated heterocycles. The molecular weight excluding hydrogens is 524 g/mol. The molecule has 0 radical (unpaired) electrons. The molecule has 1 saturated carbocycles. The molecule has 4 N–H and O–H groups in total. The lowest BCUT2D eigenvalue weighted by molar-refractivity contribution is -0.0397. The van der Waals surface area contributed by atoms with Crippen LogP contribution in [0.5, 0.6) is 0 Å². The van der Waals surface area contributed by atoms with Crippen molar-refractivity contribution >= 4 is 39.0 Å². The van der Waals surface area contributed by atoms with Gasteiger partial charge in [0.2, 0.25) is 10.0 Å². The zero-order chi connectivity index (χ0) is 27.7. The number of nitrogens with one attached hydrogen (secondary N) is 2. The molecule has 2 aliphatic heterocycles. The molecule has 2 amide bonds. The first-order chi connectivity index (χ1) is 18.5. The largest absolute Gasteiger partial charge is 0.381 e. The number of hydrogen-bond donors (Lipinski definition) is 3. The summed E-state index contributed by atoms with van der Waals surface area (Å²) in [6, 6.07) is 7.14. The number of nitrogens with zero attached hydrogens (tertiary/aromatic N) is 5. The minimum absolute atomic E-state index is 0.00799. The van der Waals surface area contributed by atoms with E-state index in [1.54, 1.807) is 23.2 Å². The molecular formula is C25H26N8O5S. The van der Waals surface area contributed by atoms with Crippen molar-refractivity contribution in [3.63, 3.8) is 0 Å². The molecule has 13 nitrogen and oxygen atoms in total. The third-order valence-corrected chi connectivity index (χ3v) is 8.02. The standard InChI is InChI=1S/C25H26N8O5S/c1-13(14-3-4-14)32-9-16-7-15(8-18(19(16)24(32)35)31-39(2,36)37)17-5-6-33-22(28-17)20(21(27)30-33)23(34)29-25(10-26)11-38-12-25/h5-8,13-14,31H,3-4,9,11-12H2,1-2H3,(H2,27,30)(H,29,34)/t13-/m0/s1. The van der Waals surface area contributed by atoms with Gasteiger partial charge in [-0.1, -0.05) is 0 Å². The van der Waals surface area contributed by atoms with Gasteiger partial charge in [0.1, 0.15) is 5.56 Å². The number of nitrogens with two attached hydrogens (primary N) is 1. The quantitative estimate of drug-likeness (QED) is 0.388. The molecule has 3 aliphatic rings. The minimum atomic E-state index is -3.69. The van der Waals surface area contributed by atoms with Gasteiger partial charge >= 0.3 is 0 Å². The molecule has 0 spiro atoms. The van der Waals surface area contributed by atoms with E-state index in [0.29, 0.717) is 34.8 Å². The Kier molecular flexibility index (Phi) is 5.56. The predicted molar refractivity (Wildman–Crippen MR) is 140 cm³/mol. The van der Waals surface area contributed by atoms with Crippen molar-refractivity contribution in [1.82, 2.24) is 24.8 Å². The highest BCUT2D eigenvalue weighted by Crippen LogP contribution is 2.41. The van der Waals surface area contributed by atoms with Crippen LogP contribution in [0.15, 0.2) is 24.4 Å². The number of nitrogen functional groups attached to an aromatic ring is 1. The van der Waals surface area contributed by atoms with Crippen molar-refractivity contribution in [1.29, 1.82) is 5.26 Å². The fourth-order valence-corrected chi connectivity index (χ4v) is 5.70. The number of carbonyl (C=O) groups is 2. The number of hydrogen-bond acceptors (Lipinski definition) is 9. The summed E-state index contributed by atoms with van der Waals surface area (Å²) < 4.78 is 33.3. The van der Waals surface area contributed by atoms with Gasteiger partial charge in [-0.25, -0.2) is 17.9 Å². The first-order valence-electron chi connectivity index (χ1n) is 12.4. The first-order valence-corrected chi connectivity index (χ1v) is 14.3. The van der Waals surface area contributed by atoms with Crippen molar-refractivity contribution in [3.05, 3.63) is 41.1 Å². The van der Waals surface area contributed by atoms with E-state index >= 15 is 0 Å². The number of amides is 2. The Labute approximate surface area is 224 Å². The van der Waals surface area contributed by atoms with Crippen LogP contribution in [0.3, 0.4) is 0 Å². The van der Waals surface area contributed by atoms with Gasteiger partial charge < -0.3 is 20.7 Å². The number of carbonyl (C=O) groups excluding carboxylic acids is 2. The molecule has 3 aromatic rings. The smallest absolute Gasteiger partial charge is 0.260 e. The molecule has 1 atom stereocenters. The summed E-state index contributed by atoms with van der Waals surface area (Å²) in [4.78, 5) is 32.9. The number of nitriles is 1. The summed E-state index contributed by atoms with van der Waals surface area (Å²) in [5, 5.41) is 16.3. The lowest BCUT2D eigenvalue weighted by atomic mass is 9.99. The normalized spacial score (nSPS) is 18.8. The van der Waals surface area contributed by atoms with Gasteiger partial charge in [-0.2, -0.15) is 5.26 Å². The summed E-state index contributed by atoms with van der Waals surface area (Å²) >= 11 is 0. The van der Waals surface area contributed by atoms with Crippen molar-refractivity contribution in [2.45, 2.75) is 37.9 Å². The third kappa shape index (κ3) is 4.33. The van der Waals surface area contributed by atoms with Crippen molar-refractivity contribution in [2.75, 3.05) is 29.9 Å².